The predicted octanol–water partition coefficient (Wildman–Crippen LogP) is 1.17. The van der Waals surface area contributed by atoms with E-state index in [4.69, 9.17) is 5.11 Å². The molecule has 2 aromatic rings. The van der Waals surface area contributed by atoms with Crippen LogP contribution in [0.5, 0.6) is 0 Å². The summed E-state index contributed by atoms with van der Waals surface area (Å²) >= 11 is 0. The molecule has 0 saturated heterocycles. The first-order chi connectivity index (χ1) is 9.83. The Balaban J connectivity index is 2.29. The molecular weight excluding hydrogens is 272 g/mol. The zero-order valence-electron chi connectivity index (χ0n) is 12.0. The first-order valence-electron chi connectivity index (χ1n) is 6.35. The number of carbonyl (C=O) groups is 2. The van der Waals surface area contributed by atoms with Gasteiger partial charge in [-0.05, 0) is 32.9 Å². The van der Waals surface area contributed by atoms with Gasteiger partial charge in [-0.2, -0.15) is 5.10 Å². The van der Waals surface area contributed by atoms with Gasteiger partial charge in [0.25, 0.3) is 5.91 Å². The molecule has 7 heteroatoms. The van der Waals surface area contributed by atoms with E-state index in [0.717, 1.165) is 0 Å². The molecule has 0 fully saturated rings. The van der Waals surface area contributed by atoms with Crippen molar-refractivity contribution in [1.82, 2.24) is 20.1 Å². The highest BCUT2D eigenvalue weighted by molar-refractivity contribution is 5.98. The number of nitrogens with one attached hydrogen (secondary N) is 1. The third-order valence-corrected chi connectivity index (χ3v) is 3.08. The van der Waals surface area contributed by atoms with E-state index in [1.54, 1.807) is 25.3 Å². The highest BCUT2D eigenvalue weighted by Crippen LogP contribution is 2.13. The van der Waals surface area contributed by atoms with Gasteiger partial charge in [-0.25, -0.2) is 14.5 Å². The third kappa shape index (κ3) is 2.91. The molecule has 2 rings (SSSR count). The molecule has 0 radical (unpaired) electrons. The number of nitrogens with zero attached hydrogens (tertiary/aromatic N) is 3. The van der Waals surface area contributed by atoms with Crippen LogP contribution in [0.3, 0.4) is 0 Å². The molecule has 0 aliphatic rings. The summed E-state index contributed by atoms with van der Waals surface area (Å²) in [7, 11) is 0. The monoisotopic (exact) mass is 288 g/mol. The molecule has 7 nitrogen and oxygen atoms in total. The Bertz CT molecular complexity index is 677. The van der Waals surface area contributed by atoms with Gasteiger partial charge in [0.05, 0.1) is 17.5 Å². The maximum Gasteiger partial charge on any atom is 0.328 e. The lowest BCUT2D eigenvalue weighted by atomic mass is 10.1. The molecule has 0 saturated carbocycles. The van der Waals surface area contributed by atoms with Gasteiger partial charge in [-0.1, -0.05) is 6.07 Å². The van der Waals surface area contributed by atoms with Gasteiger partial charge >= 0.3 is 5.97 Å². The molecule has 0 atom stereocenters. The zero-order valence-corrected chi connectivity index (χ0v) is 12.0. The van der Waals surface area contributed by atoms with Crippen LogP contribution in [-0.4, -0.2) is 37.3 Å². The standard InChI is InChI=1S/C14H16N4O3/c1-9-10(12(19)17-14(2,3)13(20)21)8-16-18(9)11-6-4-5-7-15-11/h4-8H,1-3H3,(H,17,19)(H,20,21). The quantitative estimate of drug-likeness (QED) is 0.880. The maximum atomic E-state index is 12.2. The highest BCUT2D eigenvalue weighted by Gasteiger charge is 2.30. The topological polar surface area (TPSA) is 97.1 Å². The van der Waals surface area contributed by atoms with E-state index >= 15 is 0 Å². The molecule has 0 aromatic carbocycles. The van der Waals surface area contributed by atoms with Crippen LogP contribution in [0, 0.1) is 6.92 Å². The summed E-state index contributed by atoms with van der Waals surface area (Å²) in [5, 5.41) is 15.6. The van der Waals surface area contributed by atoms with Crippen LogP contribution >= 0.6 is 0 Å². The Morgan fingerprint density at radius 2 is 2.05 bits per heavy atom. The third-order valence-electron chi connectivity index (χ3n) is 3.08. The number of aromatic nitrogens is 3. The number of rotatable bonds is 4. The van der Waals surface area contributed by atoms with Crippen LogP contribution < -0.4 is 5.32 Å². The predicted molar refractivity (Wildman–Crippen MR) is 75.3 cm³/mol. The van der Waals surface area contributed by atoms with Crippen LogP contribution in [0.4, 0.5) is 0 Å². The normalized spacial score (nSPS) is 11.2. The molecule has 0 spiro atoms. The number of aliphatic carboxylic acids is 1. The minimum absolute atomic E-state index is 0.315. The number of pyridine rings is 1. The highest BCUT2D eigenvalue weighted by atomic mass is 16.4. The second-order valence-electron chi connectivity index (χ2n) is 5.13. The van der Waals surface area contributed by atoms with Crippen LogP contribution in [0.2, 0.25) is 0 Å². The number of carbonyl (C=O) groups excluding carboxylic acids is 1. The average Bonchev–Trinajstić information content (AvgIpc) is 2.81. The average molecular weight is 288 g/mol. The van der Waals surface area contributed by atoms with Crippen molar-refractivity contribution >= 4 is 11.9 Å². The van der Waals surface area contributed by atoms with E-state index < -0.39 is 17.4 Å². The molecule has 2 aromatic heterocycles. The van der Waals surface area contributed by atoms with Crippen molar-refractivity contribution in [3.05, 3.63) is 41.9 Å². The summed E-state index contributed by atoms with van der Waals surface area (Å²) in [6, 6.07) is 5.37. The van der Waals surface area contributed by atoms with Gasteiger partial charge in [0.2, 0.25) is 0 Å². The van der Waals surface area contributed by atoms with Gasteiger partial charge < -0.3 is 10.4 Å². The van der Waals surface area contributed by atoms with Gasteiger partial charge in [0.15, 0.2) is 5.82 Å². The van der Waals surface area contributed by atoms with Gasteiger partial charge in [0, 0.05) is 6.20 Å². The van der Waals surface area contributed by atoms with Crippen molar-refractivity contribution in [2.45, 2.75) is 26.3 Å². The van der Waals surface area contributed by atoms with Crippen molar-refractivity contribution < 1.29 is 14.7 Å². The van der Waals surface area contributed by atoms with E-state index in [9.17, 15) is 9.59 Å². The van der Waals surface area contributed by atoms with Crippen molar-refractivity contribution in [3.63, 3.8) is 0 Å². The van der Waals surface area contributed by atoms with E-state index in [1.807, 2.05) is 6.07 Å². The Kier molecular flexibility index (Phi) is 3.75. The lowest BCUT2D eigenvalue weighted by molar-refractivity contribution is -0.143. The lowest BCUT2D eigenvalue weighted by Gasteiger charge is -2.20. The molecule has 2 heterocycles. The fraction of sp³-hybridized carbons (Fsp3) is 0.286. The summed E-state index contributed by atoms with van der Waals surface area (Å²) < 4.78 is 1.53. The maximum absolute atomic E-state index is 12.2. The second-order valence-corrected chi connectivity index (χ2v) is 5.13. The number of amides is 1. The Labute approximate surface area is 121 Å². The molecule has 0 unspecified atom stereocenters. The van der Waals surface area contributed by atoms with Crippen molar-refractivity contribution in [1.29, 1.82) is 0 Å². The molecule has 0 bridgehead atoms. The van der Waals surface area contributed by atoms with E-state index in [1.165, 1.54) is 24.7 Å². The van der Waals surface area contributed by atoms with Crippen molar-refractivity contribution in [2.75, 3.05) is 0 Å². The van der Waals surface area contributed by atoms with Crippen LogP contribution in [-0.2, 0) is 4.79 Å². The minimum Gasteiger partial charge on any atom is -0.480 e. The molecule has 0 aliphatic heterocycles. The molecule has 21 heavy (non-hydrogen) atoms. The van der Waals surface area contributed by atoms with Crippen molar-refractivity contribution in [3.8, 4) is 5.82 Å². The first kappa shape index (κ1) is 14.7. The lowest BCUT2D eigenvalue weighted by Crippen LogP contribution is -2.49. The summed E-state index contributed by atoms with van der Waals surface area (Å²) in [6.07, 6.45) is 3.03. The zero-order chi connectivity index (χ0) is 15.6. The van der Waals surface area contributed by atoms with Gasteiger partial charge in [-0.3, -0.25) is 4.79 Å². The van der Waals surface area contributed by atoms with Crippen LogP contribution in [0.25, 0.3) is 5.82 Å². The number of hydrogen-bond acceptors (Lipinski definition) is 4. The van der Waals surface area contributed by atoms with Crippen LogP contribution in [0.1, 0.15) is 29.9 Å². The fourth-order valence-electron chi connectivity index (χ4n) is 1.75. The SMILES string of the molecule is Cc1c(C(=O)NC(C)(C)C(=O)O)cnn1-c1ccccn1. The molecule has 0 aliphatic carbocycles. The second kappa shape index (κ2) is 5.35. The summed E-state index contributed by atoms with van der Waals surface area (Å²) in [4.78, 5) is 27.4. The first-order valence-corrected chi connectivity index (χ1v) is 6.35. The van der Waals surface area contributed by atoms with Crippen LogP contribution in [0.15, 0.2) is 30.6 Å². The summed E-state index contributed by atoms with van der Waals surface area (Å²) in [5.41, 5.74) is -0.446. The molecular formula is C14H16N4O3. The van der Waals surface area contributed by atoms with E-state index in [-0.39, 0.29) is 0 Å². The summed E-state index contributed by atoms with van der Waals surface area (Å²) in [5.74, 6) is -1.00. The molecule has 110 valence electrons. The smallest absolute Gasteiger partial charge is 0.328 e. The fourth-order valence-corrected chi connectivity index (χ4v) is 1.75. The van der Waals surface area contributed by atoms with Gasteiger partial charge in [0.1, 0.15) is 5.54 Å². The largest absolute Gasteiger partial charge is 0.480 e. The van der Waals surface area contributed by atoms with Crippen molar-refractivity contribution in [2.24, 2.45) is 0 Å². The van der Waals surface area contributed by atoms with E-state index in [0.29, 0.717) is 17.1 Å². The molecule has 1 amide bonds. The minimum atomic E-state index is -1.35. The van der Waals surface area contributed by atoms with Gasteiger partial charge in [-0.15, -0.1) is 0 Å². The number of carboxylic acid groups (broad SMARTS) is 1. The Hall–Kier alpha value is -2.70. The summed E-state index contributed by atoms with van der Waals surface area (Å²) in [6.45, 7) is 4.57. The Morgan fingerprint density at radius 3 is 2.62 bits per heavy atom. The number of carboxylic acids is 1. The van der Waals surface area contributed by atoms with E-state index in [2.05, 4.69) is 15.4 Å². The Morgan fingerprint density at radius 1 is 1.33 bits per heavy atom. The number of hydrogen-bond donors (Lipinski definition) is 2. The molecule has 2 N–H and O–H groups in total.